The number of carbonyl (C=O) groups is 2. The summed E-state index contributed by atoms with van der Waals surface area (Å²) in [5, 5.41) is 8.57. The lowest BCUT2D eigenvalue weighted by molar-refractivity contribution is 0.0700. The van der Waals surface area contributed by atoms with Crippen LogP contribution in [0.1, 0.15) is 50.1 Å². The van der Waals surface area contributed by atoms with Crippen molar-refractivity contribution in [1.82, 2.24) is 20.0 Å². The minimum absolute atomic E-state index is 0.000341. The number of likely N-dealkylation sites (tertiary alicyclic amines) is 1. The summed E-state index contributed by atoms with van der Waals surface area (Å²) in [5.41, 5.74) is 1.81. The van der Waals surface area contributed by atoms with Crippen molar-refractivity contribution in [3.05, 3.63) is 75.9 Å². The zero-order valence-corrected chi connectivity index (χ0v) is 19.8. The van der Waals surface area contributed by atoms with E-state index in [9.17, 15) is 14.0 Å². The lowest BCUT2D eigenvalue weighted by Gasteiger charge is -2.32. The fraction of sp³-hybridized carbons (Fsp3) is 0.320. The van der Waals surface area contributed by atoms with Crippen LogP contribution in [-0.4, -0.2) is 45.6 Å². The van der Waals surface area contributed by atoms with Crippen molar-refractivity contribution in [3.63, 3.8) is 0 Å². The quantitative estimate of drug-likeness (QED) is 0.455. The maximum Gasteiger partial charge on any atom is 0.287 e. The van der Waals surface area contributed by atoms with Crippen molar-refractivity contribution >= 4 is 33.4 Å². The molecule has 9 heteroatoms. The number of thiophene rings is 1. The van der Waals surface area contributed by atoms with E-state index in [4.69, 9.17) is 4.42 Å². The summed E-state index contributed by atoms with van der Waals surface area (Å²) in [5.74, 6) is 0.522. The van der Waals surface area contributed by atoms with E-state index in [2.05, 4.69) is 10.4 Å². The van der Waals surface area contributed by atoms with Crippen molar-refractivity contribution in [3.8, 4) is 0 Å². The van der Waals surface area contributed by atoms with Crippen LogP contribution in [0.3, 0.4) is 0 Å². The van der Waals surface area contributed by atoms with Crippen LogP contribution in [0.5, 0.6) is 0 Å². The normalized spacial score (nSPS) is 14.6. The molecule has 4 aromatic rings. The lowest BCUT2D eigenvalue weighted by atomic mass is 10.0. The summed E-state index contributed by atoms with van der Waals surface area (Å²) in [4.78, 5) is 29.0. The van der Waals surface area contributed by atoms with Crippen molar-refractivity contribution in [2.24, 2.45) is 0 Å². The Kier molecular flexibility index (Phi) is 5.95. The van der Waals surface area contributed by atoms with E-state index in [1.54, 1.807) is 31.2 Å². The number of aryl methyl sites for hydroxylation is 2. The third kappa shape index (κ3) is 4.48. The van der Waals surface area contributed by atoms with E-state index < -0.39 is 0 Å². The molecule has 1 aromatic carbocycles. The number of fused-ring (bicyclic) bond motifs is 1. The number of amides is 2. The smallest absolute Gasteiger partial charge is 0.287 e. The molecule has 7 nitrogen and oxygen atoms in total. The second-order valence-electron chi connectivity index (χ2n) is 8.65. The number of nitrogens with one attached hydrogen (secondary N) is 1. The average molecular weight is 481 g/mol. The Morgan fingerprint density at radius 1 is 1.15 bits per heavy atom. The fourth-order valence-corrected chi connectivity index (χ4v) is 5.41. The number of piperidine rings is 1. The van der Waals surface area contributed by atoms with Gasteiger partial charge in [-0.1, -0.05) is 12.1 Å². The summed E-state index contributed by atoms with van der Waals surface area (Å²) in [6, 6.07) is 11.7. The summed E-state index contributed by atoms with van der Waals surface area (Å²) >= 11 is 1.43. The second kappa shape index (κ2) is 9.06. The highest BCUT2D eigenvalue weighted by Crippen LogP contribution is 2.30. The molecule has 0 bridgehead atoms. The van der Waals surface area contributed by atoms with Crippen LogP contribution in [0, 0.1) is 19.7 Å². The third-order valence-corrected chi connectivity index (χ3v) is 7.28. The topological polar surface area (TPSA) is 80.4 Å². The van der Waals surface area contributed by atoms with Crippen LogP contribution in [0.2, 0.25) is 0 Å². The summed E-state index contributed by atoms with van der Waals surface area (Å²) < 4.78 is 20.5. The van der Waals surface area contributed by atoms with Crippen molar-refractivity contribution < 1.29 is 18.4 Å². The molecular formula is C25H25FN4O3S. The van der Waals surface area contributed by atoms with Crippen LogP contribution in [0.15, 0.2) is 46.9 Å². The van der Waals surface area contributed by atoms with E-state index in [0.717, 1.165) is 21.5 Å². The first-order chi connectivity index (χ1) is 16.4. The number of hydrogen-bond acceptors (Lipinski definition) is 5. The van der Waals surface area contributed by atoms with Gasteiger partial charge in [0, 0.05) is 24.5 Å². The number of carbonyl (C=O) groups excluding carboxylic acids is 2. The highest BCUT2D eigenvalue weighted by Gasteiger charge is 2.27. The second-order valence-corrected chi connectivity index (χ2v) is 9.68. The van der Waals surface area contributed by atoms with Gasteiger partial charge in [0.2, 0.25) is 0 Å². The number of aromatic nitrogens is 2. The maximum absolute atomic E-state index is 13.2. The average Bonchev–Trinajstić information content (AvgIpc) is 3.53. The third-order valence-electron chi connectivity index (χ3n) is 6.15. The lowest BCUT2D eigenvalue weighted by Crippen LogP contribution is -2.46. The molecule has 1 saturated heterocycles. The molecular weight excluding hydrogens is 455 g/mol. The molecule has 0 saturated carbocycles. The number of rotatable bonds is 5. The van der Waals surface area contributed by atoms with Gasteiger partial charge >= 0.3 is 0 Å². The minimum Gasteiger partial charge on any atom is -0.456 e. The van der Waals surface area contributed by atoms with Gasteiger partial charge in [0.05, 0.1) is 17.1 Å². The Balaban J connectivity index is 1.24. The SMILES string of the molecule is Cc1ccc(C(=O)NC2CCN(C(=O)c3cc4c(C)nn(Cc5ccc(F)cc5)c4s3)CC2)o1. The molecule has 1 fully saturated rings. The standard InChI is InChI=1S/C25H25FN4O3S/c1-15-3-8-21(33-15)23(31)27-19-9-11-29(12-10-19)24(32)22-13-20-16(2)28-30(25(20)34-22)14-17-4-6-18(26)7-5-17/h3-8,13,19H,9-12,14H2,1-2H3,(H,27,31). The van der Waals surface area contributed by atoms with Crippen LogP contribution in [0.4, 0.5) is 4.39 Å². The molecule has 0 unspecified atom stereocenters. The predicted octanol–water partition coefficient (Wildman–Crippen LogP) is 4.53. The Bertz CT molecular complexity index is 1350. The van der Waals surface area contributed by atoms with E-state index in [1.807, 2.05) is 22.6 Å². The van der Waals surface area contributed by atoms with Crippen LogP contribution in [0.25, 0.3) is 10.2 Å². The molecule has 0 radical (unpaired) electrons. The van der Waals surface area contributed by atoms with Gasteiger partial charge in [-0.25, -0.2) is 4.39 Å². The van der Waals surface area contributed by atoms with Crippen LogP contribution >= 0.6 is 11.3 Å². The molecule has 1 aliphatic heterocycles. The molecule has 1 N–H and O–H groups in total. The maximum atomic E-state index is 13.2. The zero-order chi connectivity index (χ0) is 23.8. The van der Waals surface area contributed by atoms with Gasteiger partial charge in [-0.3, -0.25) is 14.3 Å². The highest BCUT2D eigenvalue weighted by atomic mass is 32.1. The summed E-state index contributed by atoms with van der Waals surface area (Å²) in [6.45, 7) is 5.40. The van der Waals surface area contributed by atoms with Gasteiger partial charge in [-0.05, 0) is 62.6 Å². The molecule has 4 heterocycles. The Hall–Kier alpha value is -3.46. The van der Waals surface area contributed by atoms with Crippen LogP contribution < -0.4 is 5.32 Å². The summed E-state index contributed by atoms with van der Waals surface area (Å²) in [6.07, 6.45) is 1.39. The Morgan fingerprint density at radius 2 is 1.88 bits per heavy atom. The van der Waals surface area contributed by atoms with Gasteiger partial charge < -0.3 is 14.6 Å². The molecule has 176 valence electrons. The minimum atomic E-state index is -0.269. The first-order valence-electron chi connectivity index (χ1n) is 11.3. The fourth-order valence-electron chi connectivity index (χ4n) is 4.28. The molecule has 5 rings (SSSR count). The van der Waals surface area contributed by atoms with Gasteiger partial charge in [0.25, 0.3) is 11.8 Å². The largest absolute Gasteiger partial charge is 0.456 e. The first-order valence-corrected chi connectivity index (χ1v) is 12.1. The van der Waals surface area contributed by atoms with Gasteiger partial charge in [0.15, 0.2) is 5.76 Å². The van der Waals surface area contributed by atoms with E-state index in [0.29, 0.717) is 48.9 Å². The molecule has 3 aromatic heterocycles. The Labute approximate surface area is 200 Å². The number of benzene rings is 1. The molecule has 2 amide bonds. The number of nitrogens with zero attached hydrogens (tertiary/aromatic N) is 3. The first kappa shape index (κ1) is 22.3. The highest BCUT2D eigenvalue weighted by molar-refractivity contribution is 7.20. The van der Waals surface area contributed by atoms with E-state index in [1.165, 1.54) is 23.5 Å². The predicted molar refractivity (Wildman–Crippen MR) is 128 cm³/mol. The zero-order valence-electron chi connectivity index (χ0n) is 19.0. The van der Waals surface area contributed by atoms with Gasteiger partial charge in [0.1, 0.15) is 16.4 Å². The van der Waals surface area contributed by atoms with E-state index in [-0.39, 0.29) is 23.7 Å². The number of halogens is 1. The van der Waals surface area contributed by atoms with Crippen molar-refractivity contribution in [2.75, 3.05) is 13.1 Å². The number of furan rings is 1. The van der Waals surface area contributed by atoms with Gasteiger partial charge in [-0.2, -0.15) is 5.10 Å². The molecule has 0 aliphatic carbocycles. The monoisotopic (exact) mass is 480 g/mol. The van der Waals surface area contributed by atoms with Gasteiger partial charge in [-0.15, -0.1) is 11.3 Å². The number of hydrogen-bond donors (Lipinski definition) is 1. The summed E-state index contributed by atoms with van der Waals surface area (Å²) in [7, 11) is 0. The molecule has 0 spiro atoms. The van der Waals surface area contributed by atoms with Crippen LogP contribution in [-0.2, 0) is 6.54 Å². The molecule has 34 heavy (non-hydrogen) atoms. The molecule has 1 aliphatic rings. The Morgan fingerprint density at radius 3 is 2.56 bits per heavy atom. The molecule has 0 atom stereocenters. The van der Waals surface area contributed by atoms with Crippen molar-refractivity contribution in [2.45, 2.75) is 39.3 Å². The van der Waals surface area contributed by atoms with Crippen molar-refractivity contribution in [1.29, 1.82) is 0 Å². The van der Waals surface area contributed by atoms with E-state index >= 15 is 0 Å².